The number of hydrogen-bond donors (Lipinski definition) is 3. The van der Waals surface area contributed by atoms with Crippen LogP contribution in [0.5, 0.6) is 0 Å². The number of carbonyl (C=O) groups excluding carboxylic acids is 2. The van der Waals surface area contributed by atoms with E-state index in [0.29, 0.717) is 25.3 Å². The van der Waals surface area contributed by atoms with Gasteiger partial charge in [0.1, 0.15) is 5.60 Å². The Morgan fingerprint density at radius 3 is 2.28 bits per heavy atom. The van der Waals surface area contributed by atoms with Crippen molar-refractivity contribution in [2.75, 3.05) is 6.54 Å². The molecule has 3 N–H and O–H groups in total. The summed E-state index contributed by atoms with van der Waals surface area (Å²) in [6.45, 7) is 5.76. The number of nitrogens with one attached hydrogen (secondary N) is 3. The molecule has 3 amide bonds. The predicted octanol–water partition coefficient (Wildman–Crippen LogP) is 2.86. The molecule has 5 aliphatic carbocycles. The highest BCUT2D eigenvalue weighted by Gasteiger charge is 2.60. The maximum absolute atomic E-state index is 13.3. The first-order valence-corrected chi connectivity index (χ1v) is 14.5. The van der Waals surface area contributed by atoms with Crippen molar-refractivity contribution in [2.45, 2.75) is 88.4 Å². The summed E-state index contributed by atoms with van der Waals surface area (Å²) in [5, 5.41) is 3.34. The average molecular weight is 517 g/mol. The lowest BCUT2D eigenvalue weighted by Crippen LogP contribution is -2.68. The predicted molar refractivity (Wildman–Crippen MR) is 133 cm³/mol. The van der Waals surface area contributed by atoms with Crippen molar-refractivity contribution in [2.24, 2.45) is 17.8 Å². The van der Waals surface area contributed by atoms with Crippen LogP contribution in [0.2, 0.25) is 0 Å². The fraction of sp³-hybridized carbons (Fsp3) is 0.692. The Bertz CT molecular complexity index is 1170. The topological polar surface area (TPSA) is 117 Å². The summed E-state index contributed by atoms with van der Waals surface area (Å²) in [7, 11) is -4.08. The first kappa shape index (κ1) is 24.0. The lowest BCUT2D eigenvalue weighted by molar-refractivity contribution is -0.0667. The number of benzene rings is 1. The number of fused-ring (bicyclic) bond motifs is 1. The van der Waals surface area contributed by atoms with Crippen LogP contribution >= 0.6 is 0 Å². The van der Waals surface area contributed by atoms with E-state index in [9.17, 15) is 18.0 Å². The Morgan fingerprint density at radius 2 is 1.69 bits per heavy atom. The summed E-state index contributed by atoms with van der Waals surface area (Å²) in [6.07, 6.45) is 4.89. The number of hydrogen-bond acceptors (Lipinski definition) is 5. The van der Waals surface area contributed by atoms with Crippen LogP contribution in [0.4, 0.5) is 9.59 Å². The summed E-state index contributed by atoms with van der Waals surface area (Å²) in [5.74, 6) is 0.911. The molecule has 9 nitrogen and oxygen atoms in total. The van der Waals surface area contributed by atoms with Crippen LogP contribution in [0, 0.1) is 17.8 Å². The van der Waals surface area contributed by atoms with Crippen molar-refractivity contribution < 1.29 is 22.7 Å². The number of rotatable bonds is 4. The molecule has 1 aromatic rings. The number of carbonyl (C=O) groups is 2. The Hall–Kier alpha value is -2.33. The van der Waals surface area contributed by atoms with Crippen LogP contribution in [0.15, 0.2) is 24.3 Å². The van der Waals surface area contributed by atoms with Crippen molar-refractivity contribution in [1.29, 1.82) is 0 Å². The van der Waals surface area contributed by atoms with Gasteiger partial charge in [0.2, 0.25) is 0 Å². The van der Waals surface area contributed by atoms with Gasteiger partial charge in [-0.25, -0.2) is 14.3 Å². The van der Waals surface area contributed by atoms with Crippen molar-refractivity contribution >= 4 is 22.3 Å². The molecule has 7 rings (SSSR count). The normalized spacial score (nSPS) is 34.1. The molecule has 1 heterocycles. The minimum atomic E-state index is -4.08. The number of ether oxygens (including phenoxy) is 1. The third-order valence-corrected chi connectivity index (χ3v) is 9.97. The van der Waals surface area contributed by atoms with Gasteiger partial charge in [0.25, 0.3) is 0 Å². The lowest BCUT2D eigenvalue weighted by atomic mass is 9.51. The van der Waals surface area contributed by atoms with Crippen LogP contribution in [0.25, 0.3) is 0 Å². The molecule has 1 saturated heterocycles. The molecule has 1 aromatic carbocycles. The molecule has 1 spiro atoms. The van der Waals surface area contributed by atoms with Gasteiger partial charge in [-0.3, -0.25) is 0 Å². The molecule has 0 aromatic heterocycles. The van der Waals surface area contributed by atoms with Gasteiger partial charge in [-0.2, -0.15) is 13.1 Å². The second-order valence-electron chi connectivity index (χ2n) is 12.9. The summed E-state index contributed by atoms with van der Waals surface area (Å²) in [6, 6.07) is 8.57. The van der Waals surface area contributed by atoms with Crippen LogP contribution < -0.4 is 14.8 Å². The minimum Gasteiger partial charge on any atom is -0.443 e. The van der Waals surface area contributed by atoms with Gasteiger partial charge >= 0.3 is 22.3 Å². The Balaban J connectivity index is 1.16. The summed E-state index contributed by atoms with van der Waals surface area (Å²) < 4.78 is 35.8. The molecule has 6 aliphatic rings. The van der Waals surface area contributed by atoms with E-state index in [1.54, 1.807) is 20.8 Å². The largest absolute Gasteiger partial charge is 0.443 e. The fourth-order valence-electron chi connectivity index (χ4n) is 8.22. The van der Waals surface area contributed by atoms with Gasteiger partial charge in [0.05, 0.1) is 5.54 Å². The molecular formula is C26H36N4O5S. The second-order valence-corrected chi connectivity index (χ2v) is 14.3. The Kier molecular flexibility index (Phi) is 5.23. The quantitative estimate of drug-likeness (QED) is 0.569. The summed E-state index contributed by atoms with van der Waals surface area (Å²) in [4.78, 5) is 27.5. The molecule has 36 heavy (non-hydrogen) atoms. The monoisotopic (exact) mass is 516 g/mol. The maximum Gasteiger partial charge on any atom is 0.422 e. The Labute approximate surface area is 212 Å². The first-order valence-electron chi connectivity index (χ1n) is 13.0. The maximum atomic E-state index is 13.3. The summed E-state index contributed by atoms with van der Waals surface area (Å²) >= 11 is 0. The molecule has 10 heteroatoms. The molecule has 2 atom stereocenters. The fourth-order valence-corrected chi connectivity index (χ4v) is 9.35. The summed E-state index contributed by atoms with van der Waals surface area (Å²) in [5.41, 5.74) is 1.01. The molecule has 4 saturated carbocycles. The third kappa shape index (κ3) is 4.26. The van der Waals surface area contributed by atoms with Gasteiger partial charge in [-0.1, -0.05) is 24.3 Å². The lowest BCUT2D eigenvalue weighted by Gasteiger charge is -2.61. The van der Waals surface area contributed by atoms with Gasteiger partial charge < -0.3 is 15.0 Å². The van der Waals surface area contributed by atoms with E-state index in [1.807, 2.05) is 4.72 Å². The molecule has 5 fully saturated rings. The molecular weight excluding hydrogens is 480 g/mol. The minimum absolute atomic E-state index is 0.0153. The van der Waals surface area contributed by atoms with Crippen molar-refractivity contribution in [1.82, 2.24) is 19.7 Å². The van der Waals surface area contributed by atoms with E-state index in [-0.39, 0.29) is 29.4 Å². The number of urea groups is 1. The van der Waals surface area contributed by atoms with Gasteiger partial charge in [-0.05, 0) is 94.6 Å². The van der Waals surface area contributed by atoms with E-state index in [0.717, 1.165) is 32.1 Å². The van der Waals surface area contributed by atoms with E-state index >= 15 is 0 Å². The molecule has 196 valence electrons. The van der Waals surface area contributed by atoms with E-state index in [2.05, 4.69) is 39.2 Å². The molecule has 2 unspecified atom stereocenters. The SMILES string of the molecule is CC(C)(C)OC(=O)NS(=O)(=O)NC12CC3CC(C1)C(N1CC4(Cc5ccccc5C4)NC1=O)C(C3)C2. The zero-order valence-electron chi connectivity index (χ0n) is 21.2. The van der Waals surface area contributed by atoms with E-state index in [1.165, 1.54) is 11.1 Å². The van der Waals surface area contributed by atoms with Crippen molar-refractivity contribution in [3.63, 3.8) is 0 Å². The van der Waals surface area contributed by atoms with E-state index in [4.69, 9.17) is 4.74 Å². The molecule has 1 aliphatic heterocycles. The van der Waals surface area contributed by atoms with E-state index < -0.39 is 27.4 Å². The highest BCUT2D eigenvalue weighted by atomic mass is 32.2. The number of amides is 3. The molecule has 4 bridgehead atoms. The third-order valence-electron chi connectivity index (χ3n) is 8.83. The van der Waals surface area contributed by atoms with Gasteiger partial charge in [0, 0.05) is 18.1 Å². The van der Waals surface area contributed by atoms with Gasteiger partial charge in [-0.15, -0.1) is 0 Å². The molecule has 0 radical (unpaired) electrons. The average Bonchev–Trinajstić information content (AvgIpc) is 3.22. The smallest absolute Gasteiger partial charge is 0.422 e. The van der Waals surface area contributed by atoms with Crippen molar-refractivity contribution in [3.05, 3.63) is 35.4 Å². The van der Waals surface area contributed by atoms with Gasteiger partial charge in [0.15, 0.2) is 0 Å². The Morgan fingerprint density at radius 1 is 1.08 bits per heavy atom. The highest BCUT2D eigenvalue weighted by Crippen LogP contribution is 2.57. The van der Waals surface area contributed by atoms with Crippen LogP contribution in [0.3, 0.4) is 0 Å². The second kappa shape index (κ2) is 7.84. The van der Waals surface area contributed by atoms with Crippen LogP contribution in [-0.4, -0.2) is 54.7 Å². The van der Waals surface area contributed by atoms with Crippen LogP contribution in [0.1, 0.15) is 64.0 Å². The zero-order chi connectivity index (χ0) is 25.5. The standard InChI is InChI=1S/C26H36N4O5S/c1-24(2,3)35-23(32)28-36(33,34)29-25-10-16-8-19(13-25)21(20(9-16)14-25)30-15-26(27-22(30)31)11-17-6-4-5-7-18(17)12-26/h4-7,16,19-21,29H,8-15H2,1-3H3,(H,27,31)(H,28,32). The van der Waals surface area contributed by atoms with Crippen LogP contribution in [-0.2, 0) is 27.8 Å². The zero-order valence-corrected chi connectivity index (χ0v) is 22.0. The van der Waals surface area contributed by atoms with Crippen molar-refractivity contribution in [3.8, 4) is 0 Å². The number of nitrogens with zero attached hydrogens (tertiary/aromatic N) is 1. The first-order chi connectivity index (χ1) is 16.8. The highest BCUT2D eigenvalue weighted by molar-refractivity contribution is 7.88.